The highest BCUT2D eigenvalue weighted by Crippen LogP contribution is 2.19. The van der Waals surface area contributed by atoms with Gasteiger partial charge in [-0.15, -0.1) is 6.42 Å². The number of carbonyl (C=O) groups excluding carboxylic acids is 1. The molecular weight excluding hydrogens is 235 g/mol. The minimum Gasteiger partial charge on any atom is -0.384 e. The van der Waals surface area contributed by atoms with E-state index in [1.165, 1.54) is 31.2 Å². The van der Waals surface area contributed by atoms with Crippen molar-refractivity contribution < 1.29 is 14.3 Å². The maximum Gasteiger partial charge on any atom is 0.315 e. The van der Waals surface area contributed by atoms with Gasteiger partial charge in [0.15, 0.2) is 0 Å². The van der Waals surface area contributed by atoms with Crippen molar-refractivity contribution >= 4 is 6.03 Å². The first-order chi connectivity index (χ1) is 8.45. The van der Waals surface area contributed by atoms with Crippen molar-refractivity contribution in [2.24, 2.45) is 0 Å². The number of hydrogen-bond acceptors (Lipinski definition) is 2. The highest BCUT2D eigenvalue weighted by atomic mass is 19.1. The Morgan fingerprint density at radius 1 is 1.44 bits per heavy atom. The first-order valence-electron chi connectivity index (χ1n) is 5.39. The summed E-state index contributed by atoms with van der Waals surface area (Å²) in [7, 11) is 0. The van der Waals surface area contributed by atoms with Crippen LogP contribution in [0.3, 0.4) is 0 Å². The zero-order chi connectivity index (χ0) is 13.6. The van der Waals surface area contributed by atoms with Crippen LogP contribution in [0.25, 0.3) is 0 Å². The summed E-state index contributed by atoms with van der Waals surface area (Å²) in [5.74, 6) is 1.88. The summed E-state index contributed by atoms with van der Waals surface area (Å²) in [5.41, 5.74) is -0.762. The number of terminal acetylenes is 1. The molecule has 0 spiro atoms. The molecule has 2 amide bonds. The first kappa shape index (κ1) is 14.0. The fourth-order valence-electron chi connectivity index (χ4n) is 1.36. The second-order valence-corrected chi connectivity index (χ2v) is 4.02. The van der Waals surface area contributed by atoms with Crippen molar-refractivity contribution in [3.05, 3.63) is 35.6 Å². The van der Waals surface area contributed by atoms with Crippen LogP contribution < -0.4 is 10.6 Å². The van der Waals surface area contributed by atoms with Gasteiger partial charge in [-0.3, -0.25) is 0 Å². The van der Waals surface area contributed by atoms with Crippen molar-refractivity contribution in [1.82, 2.24) is 10.6 Å². The Morgan fingerprint density at radius 2 is 2.06 bits per heavy atom. The van der Waals surface area contributed by atoms with Gasteiger partial charge in [0, 0.05) is 0 Å². The van der Waals surface area contributed by atoms with Gasteiger partial charge >= 0.3 is 6.03 Å². The quantitative estimate of drug-likeness (QED) is 0.697. The Hall–Kier alpha value is -2.06. The van der Waals surface area contributed by atoms with E-state index in [0.29, 0.717) is 5.56 Å². The number of rotatable bonds is 4. The van der Waals surface area contributed by atoms with Crippen LogP contribution in [0.15, 0.2) is 24.3 Å². The van der Waals surface area contributed by atoms with E-state index in [0.717, 1.165) is 0 Å². The molecular formula is C13H15FN2O2. The topological polar surface area (TPSA) is 61.4 Å². The van der Waals surface area contributed by atoms with Crippen molar-refractivity contribution in [2.75, 3.05) is 13.1 Å². The highest BCUT2D eigenvalue weighted by Gasteiger charge is 2.23. The summed E-state index contributed by atoms with van der Waals surface area (Å²) in [6.45, 7) is 1.64. The van der Waals surface area contributed by atoms with Crippen LogP contribution in [0.5, 0.6) is 0 Å². The van der Waals surface area contributed by atoms with E-state index in [2.05, 4.69) is 16.6 Å². The molecule has 96 valence electrons. The lowest BCUT2D eigenvalue weighted by atomic mass is 9.96. The summed E-state index contributed by atoms with van der Waals surface area (Å²) < 4.78 is 12.7. The molecule has 0 aliphatic carbocycles. The lowest BCUT2D eigenvalue weighted by molar-refractivity contribution is 0.0594. The molecule has 1 aromatic rings. The summed E-state index contributed by atoms with van der Waals surface area (Å²) in [6.07, 6.45) is 4.99. The molecule has 18 heavy (non-hydrogen) atoms. The van der Waals surface area contributed by atoms with Gasteiger partial charge in [-0.05, 0) is 24.6 Å². The zero-order valence-electron chi connectivity index (χ0n) is 10.0. The molecule has 0 radical (unpaired) electrons. The monoisotopic (exact) mass is 250 g/mol. The average Bonchev–Trinajstić information content (AvgIpc) is 2.34. The molecule has 1 aromatic carbocycles. The fourth-order valence-corrected chi connectivity index (χ4v) is 1.36. The number of halogens is 1. The molecule has 5 heteroatoms. The molecule has 1 unspecified atom stereocenters. The predicted octanol–water partition coefficient (Wildman–Crippen LogP) is 0.966. The maximum absolute atomic E-state index is 12.7. The number of aliphatic hydroxyl groups is 1. The van der Waals surface area contributed by atoms with Crippen LogP contribution in [0.4, 0.5) is 9.18 Å². The van der Waals surface area contributed by atoms with E-state index in [1.54, 1.807) is 0 Å². The fraction of sp³-hybridized carbons (Fsp3) is 0.308. The minimum absolute atomic E-state index is 0.00492. The second kappa shape index (κ2) is 6.03. The van der Waals surface area contributed by atoms with Gasteiger partial charge in [0.2, 0.25) is 0 Å². The third-order valence-electron chi connectivity index (χ3n) is 2.41. The van der Waals surface area contributed by atoms with E-state index in [9.17, 15) is 14.3 Å². The van der Waals surface area contributed by atoms with E-state index < -0.39 is 11.6 Å². The molecule has 4 nitrogen and oxygen atoms in total. The third kappa shape index (κ3) is 4.07. The van der Waals surface area contributed by atoms with Gasteiger partial charge < -0.3 is 15.7 Å². The number of urea groups is 1. The third-order valence-corrected chi connectivity index (χ3v) is 2.41. The minimum atomic E-state index is -1.28. The van der Waals surface area contributed by atoms with Crippen LogP contribution in [0.2, 0.25) is 0 Å². The van der Waals surface area contributed by atoms with Gasteiger partial charge in [0.25, 0.3) is 0 Å². The zero-order valence-corrected chi connectivity index (χ0v) is 10.0. The van der Waals surface area contributed by atoms with E-state index >= 15 is 0 Å². The molecule has 0 aromatic heterocycles. The highest BCUT2D eigenvalue weighted by molar-refractivity contribution is 5.74. The van der Waals surface area contributed by atoms with Gasteiger partial charge in [0.1, 0.15) is 11.4 Å². The Morgan fingerprint density at radius 3 is 2.61 bits per heavy atom. The second-order valence-electron chi connectivity index (χ2n) is 4.02. The van der Waals surface area contributed by atoms with E-state index in [-0.39, 0.29) is 18.9 Å². The SMILES string of the molecule is C#CCNC(=O)NCC(C)(O)c1ccc(F)cc1. The summed E-state index contributed by atoms with van der Waals surface area (Å²) in [6, 6.07) is 4.98. The van der Waals surface area contributed by atoms with Crippen LogP contribution in [0, 0.1) is 18.2 Å². The normalized spacial score (nSPS) is 13.2. The first-order valence-corrected chi connectivity index (χ1v) is 5.39. The molecule has 0 aliphatic heterocycles. The molecule has 1 rings (SSSR count). The summed E-state index contributed by atoms with van der Waals surface area (Å²) in [5, 5.41) is 15.0. The van der Waals surface area contributed by atoms with Gasteiger partial charge in [0.05, 0.1) is 13.1 Å². The van der Waals surface area contributed by atoms with Crippen molar-refractivity contribution in [1.29, 1.82) is 0 Å². The molecule has 0 fully saturated rings. The number of amides is 2. The molecule has 1 atom stereocenters. The van der Waals surface area contributed by atoms with Crippen LogP contribution in [-0.2, 0) is 5.60 Å². The van der Waals surface area contributed by atoms with Crippen molar-refractivity contribution in [2.45, 2.75) is 12.5 Å². The lowest BCUT2D eigenvalue weighted by Crippen LogP contribution is -2.43. The molecule has 0 bridgehead atoms. The van der Waals surface area contributed by atoms with Crippen LogP contribution in [-0.4, -0.2) is 24.2 Å². The number of benzene rings is 1. The van der Waals surface area contributed by atoms with Crippen LogP contribution >= 0.6 is 0 Å². The Balaban J connectivity index is 2.57. The molecule has 0 saturated heterocycles. The predicted molar refractivity (Wildman–Crippen MR) is 66.2 cm³/mol. The van der Waals surface area contributed by atoms with Crippen LogP contribution in [0.1, 0.15) is 12.5 Å². The Kier molecular flexibility index (Phi) is 4.69. The van der Waals surface area contributed by atoms with E-state index in [1.807, 2.05) is 0 Å². The van der Waals surface area contributed by atoms with Gasteiger partial charge in [-0.2, -0.15) is 0 Å². The molecule has 0 heterocycles. The standard InChI is InChI=1S/C13H15FN2O2/c1-3-8-15-12(17)16-9-13(2,18)10-4-6-11(14)7-5-10/h1,4-7,18H,8-9H2,2H3,(H2,15,16,17). The van der Waals surface area contributed by atoms with Crippen molar-refractivity contribution in [3.63, 3.8) is 0 Å². The smallest absolute Gasteiger partial charge is 0.315 e. The largest absolute Gasteiger partial charge is 0.384 e. The Bertz CT molecular complexity index is 449. The van der Waals surface area contributed by atoms with Gasteiger partial charge in [-0.1, -0.05) is 18.1 Å². The molecule has 0 aliphatic rings. The maximum atomic E-state index is 12.7. The Labute approximate surface area is 105 Å². The van der Waals surface area contributed by atoms with Gasteiger partial charge in [-0.25, -0.2) is 9.18 Å². The summed E-state index contributed by atoms with van der Waals surface area (Å²) >= 11 is 0. The molecule has 0 saturated carbocycles. The number of nitrogens with one attached hydrogen (secondary N) is 2. The summed E-state index contributed by atoms with van der Waals surface area (Å²) in [4.78, 5) is 11.2. The number of carbonyl (C=O) groups is 1. The van der Waals surface area contributed by atoms with E-state index in [4.69, 9.17) is 6.42 Å². The average molecular weight is 250 g/mol. The lowest BCUT2D eigenvalue weighted by Gasteiger charge is -2.24. The number of hydrogen-bond donors (Lipinski definition) is 3. The molecule has 3 N–H and O–H groups in total. The van der Waals surface area contributed by atoms with Crippen molar-refractivity contribution in [3.8, 4) is 12.3 Å².